The Hall–Kier alpha value is -0.720. The highest BCUT2D eigenvalue weighted by molar-refractivity contribution is 7.15. The largest absolute Gasteiger partial charge is 0.357 e. The van der Waals surface area contributed by atoms with Gasteiger partial charge in [-0.15, -0.1) is 10.2 Å². The van der Waals surface area contributed by atoms with E-state index >= 15 is 0 Å². The van der Waals surface area contributed by atoms with Gasteiger partial charge in [0, 0.05) is 18.9 Å². The van der Waals surface area contributed by atoms with Crippen molar-refractivity contribution in [1.29, 1.82) is 0 Å². The van der Waals surface area contributed by atoms with Gasteiger partial charge in [-0.2, -0.15) is 0 Å². The maximum absolute atomic E-state index is 5.71. The molecule has 0 unspecified atom stereocenters. The first-order valence-electron chi connectivity index (χ1n) is 6.10. The minimum atomic E-state index is -0.269. The summed E-state index contributed by atoms with van der Waals surface area (Å²) in [7, 11) is 0. The Balaban J connectivity index is 1.54. The average Bonchev–Trinajstić information content (AvgIpc) is 2.93. The zero-order valence-electron chi connectivity index (χ0n) is 9.94. The van der Waals surface area contributed by atoms with Gasteiger partial charge in [0.15, 0.2) is 5.79 Å². The summed E-state index contributed by atoms with van der Waals surface area (Å²) < 4.78 is 11.4. The van der Waals surface area contributed by atoms with Gasteiger partial charge in [0.1, 0.15) is 5.01 Å². The molecular formula is C11H17N3O2S. The first kappa shape index (κ1) is 11.4. The van der Waals surface area contributed by atoms with E-state index in [0.717, 1.165) is 49.0 Å². The van der Waals surface area contributed by atoms with Crippen LogP contribution < -0.4 is 5.32 Å². The number of aromatic nitrogens is 2. The van der Waals surface area contributed by atoms with Crippen LogP contribution in [0, 0.1) is 6.92 Å². The number of nitrogens with zero attached hydrogens (tertiary/aromatic N) is 2. The fourth-order valence-corrected chi connectivity index (χ4v) is 3.19. The lowest BCUT2D eigenvalue weighted by atomic mass is 9.90. The Kier molecular flexibility index (Phi) is 3.02. The second-order valence-electron chi connectivity index (χ2n) is 4.65. The minimum absolute atomic E-state index is 0.269. The van der Waals surface area contributed by atoms with Gasteiger partial charge in [-0.25, -0.2) is 0 Å². The topological polar surface area (TPSA) is 56.3 Å². The lowest BCUT2D eigenvalue weighted by molar-refractivity contribution is -0.177. The molecular weight excluding hydrogens is 238 g/mol. The zero-order valence-corrected chi connectivity index (χ0v) is 10.8. The number of rotatable bonds is 2. The molecule has 0 radical (unpaired) electrons. The zero-order chi connectivity index (χ0) is 11.7. The molecule has 1 saturated carbocycles. The van der Waals surface area contributed by atoms with Crippen LogP contribution in [-0.4, -0.2) is 35.2 Å². The van der Waals surface area contributed by atoms with Gasteiger partial charge in [-0.05, 0) is 19.8 Å². The van der Waals surface area contributed by atoms with E-state index in [1.807, 2.05) is 6.92 Å². The van der Waals surface area contributed by atoms with E-state index in [4.69, 9.17) is 9.47 Å². The smallest absolute Gasteiger partial charge is 0.205 e. The molecule has 0 amide bonds. The van der Waals surface area contributed by atoms with Gasteiger partial charge < -0.3 is 14.8 Å². The molecule has 94 valence electrons. The lowest BCUT2D eigenvalue weighted by Gasteiger charge is -2.35. The van der Waals surface area contributed by atoms with Crippen LogP contribution in [0.5, 0.6) is 0 Å². The number of anilines is 1. The third-order valence-electron chi connectivity index (χ3n) is 3.41. The maximum Gasteiger partial charge on any atom is 0.205 e. The van der Waals surface area contributed by atoms with Gasteiger partial charge in [0.25, 0.3) is 0 Å². The van der Waals surface area contributed by atoms with E-state index in [1.54, 1.807) is 11.3 Å². The van der Waals surface area contributed by atoms with Crippen LogP contribution in [0.1, 0.15) is 30.7 Å². The molecule has 1 aliphatic carbocycles. The Morgan fingerprint density at radius 1 is 1.24 bits per heavy atom. The van der Waals surface area contributed by atoms with Crippen molar-refractivity contribution in [1.82, 2.24) is 10.2 Å². The molecule has 1 aromatic heterocycles. The van der Waals surface area contributed by atoms with Crippen LogP contribution in [-0.2, 0) is 9.47 Å². The Bertz CT molecular complexity index is 380. The molecule has 17 heavy (non-hydrogen) atoms. The fraction of sp³-hybridized carbons (Fsp3) is 0.818. The van der Waals surface area contributed by atoms with E-state index in [9.17, 15) is 0 Å². The quantitative estimate of drug-likeness (QED) is 0.875. The van der Waals surface area contributed by atoms with E-state index in [2.05, 4.69) is 15.5 Å². The molecule has 2 fully saturated rings. The number of ether oxygens (including phenoxy) is 2. The average molecular weight is 255 g/mol. The molecule has 0 atom stereocenters. The molecule has 1 N–H and O–H groups in total. The summed E-state index contributed by atoms with van der Waals surface area (Å²) in [6.45, 7) is 3.46. The maximum atomic E-state index is 5.71. The van der Waals surface area contributed by atoms with Crippen LogP contribution in [0.25, 0.3) is 0 Å². The van der Waals surface area contributed by atoms with Crippen LogP contribution in [0.2, 0.25) is 0 Å². The van der Waals surface area contributed by atoms with E-state index in [1.165, 1.54) is 0 Å². The Morgan fingerprint density at radius 2 is 1.94 bits per heavy atom. The van der Waals surface area contributed by atoms with Crippen LogP contribution in [0.3, 0.4) is 0 Å². The number of hydrogen-bond acceptors (Lipinski definition) is 6. The first-order chi connectivity index (χ1) is 8.26. The molecule has 1 saturated heterocycles. The normalized spacial score (nSPS) is 24.3. The first-order valence-corrected chi connectivity index (χ1v) is 6.92. The molecule has 0 aromatic carbocycles. The van der Waals surface area contributed by atoms with Crippen molar-refractivity contribution in [2.45, 2.75) is 44.4 Å². The van der Waals surface area contributed by atoms with Crippen molar-refractivity contribution in [3.8, 4) is 0 Å². The number of hydrogen-bond donors (Lipinski definition) is 1. The summed E-state index contributed by atoms with van der Waals surface area (Å²) in [5.41, 5.74) is 0. The van der Waals surface area contributed by atoms with Crippen molar-refractivity contribution >= 4 is 16.5 Å². The Labute approximate surface area is 105 Å². The molecule has 6 heteroatoms. The molecule has 2 aliphatic rings. The summed E-state index contributed by atoms with van der Waals surface area (Å²) in [5.74, 6) is -0.269. The second kappa shape index (κ2) is 4.51. The molecule has 0 bridgehead atoms. The van der Waals surface area contributed by atoms with E-state index in [0.29, 0.717) is 6.04 Å². The predicted molar refractivity (Wildman–Crippen MR) is 65.2 cm³/mol. The van der Waals surface area contributed by atoms with E-state index < -0.39 is 0 Å². The van der Waals surface area contributed by atoms with Gasteiger partial charge >= 0.3 is 0 Å². The summed E-state index contributed by atoms with van der Waals surface area (Å²) in [6.07, 6.45) is 4.09. The highest BCUT2D eigenvalue weighted by Crippen LogP contribution is 2.36. The van der Waals surface area contributed by atoms with Crippen LogP contribution >= 0.6 is 11.3 Å². The van der Waals surface area contributed by atoms with Gasteiger partial charge in [-0.1, -0.05) is 11.3 Å². The molecule has 1 aromatic rings. The lowest BCUT2D eigenvalue weighted by Crippen LogP contribution is -2.39. The van der Waals surface area contributed by atoms with Gasteiger partial charge in [0.05, 0.1) is 13.2 Å². The standard InChI is InChI=1S/C11H17N3O2S/c1-8-13-14-10(17-8)12-9-2-4-11(5-3-9)15-6-7-16-11/h9H,2-7H2,1H3,(H,12,14). The third-order valence-corrected chi connectivity index (χ3v) is 4.18. The molecule has 2 heterocycles. The fourth-order valence-electron chi connectivity index (χ4n) is 2.52. The Morgan fingerprint density at radius 3 is 2.53 bits per heavy atom. The van der Waals surface area contributed by atoms with Crippen molar-refractivity contribution in [3.63, 3.8) is 0 Å². The minimum Gasteiger partial charge on any atom is -0.357 e. The predicted octanol–water partition coefficient (Wildman–Crippen LogP) is 1.94. The van der Waals surface area contributed by atoms with Crippen molar-refractivity contribution in [2.24, 2.45) is 0 Å². The molecule has 5 nitrogen and oxygen atoms in total. The highest BCUT2D eigenvalue weighted by Gasteiger charge is 2.40. The third kappa shape index (κ3) is 2.43. The summed E-state index contributed by atoms with van der Waals surface area (Å²) in [5, 5.41) is 13.5. The molecule has 3 rings (SSSR count). The van der Waals surface area contributed by atoms with Crippen molar-refractivity contribution in [2.75, 3.05) is 18.5 Å². The van der Waals surface area contributed by atoms with Gasteiger partial charge in [0.2, 0.25) is 5.13 Å². The van der Waals surface area contributed by atoms with E-state index in [-0.39, 0.29) is 5.79 Å². The second-order valence-corrected chi connectivity index (χ2v) is 5.83. The van der Waals surface area contributed by atoms with Crippen molar-refractivity contribution in [3.05, 3.63) is 5.01 Å². The van der Waals surface area contributed by atoms with Crippen LogP contribution in [0.4, 0.5) is 5.13 Å². The summed E-state index contributed by atoms with van der Waals surface area (Å²) in [6, 6.07) is 0.473. The van der Waals surface area contributed by atoms with Crippen molar-refractivity contribution < 1.29 is 9.47 Å². The van der Waals surface area contributed by atoms with Crippen LogP contribution in [0.15, 0.2) is 0 Å². The highest BCUT2D eigenvalue weighted by atomic mass is 32.1. The summed E-state index contributed by atoms with van der Waals surface area (Å²) >= 11 is 1.61. The summed E-state index contributed by atoms with van der Waals surface area (Å²) in [4.78, 5) is 0. The monoisotopic (exact) mass is 255 g/mol. The van der Waals surface area contributed by atoms with Gasteiger partial charge in [-0.3, -0.25) is 0 Å². The molecule has 1 spiro atoms. The SMILES string of the molecule is Cc1nnc(NC2CCC3(CC2)OCCO3)s1. The number of aryl methyl sites for hydroxylation is 1. The molecule has 1 aliphatic heterocycles. The number of nitrogens with one attached hydrogen (secondary N) is 1.